The Labute approximate surface area is 162 Å². The lowest BCUT2D eigenvalue weighted by Crippen LogP contribution is -2.14. The van der Waals surface area contributed by atoms with Gasteiger partial charge in [0, 0.05) is 18.7 Å². The maximum Gasteiger partial charge on any atom is 0.259 e. The molecule has 2 aromatic carbocycles. The highest BCUT2D eigenvalue weighted by Gasteiger charge is 2.15. The van der Waals surface area contributed by atoms with Gasteiger partial charge >= 0.3 is 0 Å². The Hall–Kier alpha value is -3.55. The largest absolute Gasteiger partial charge is 0.493 e. The van der Waals surface area contributed by atoms with Crippen molar-refractivity contribution in [3.63, 3.8) is 0 Å². The summed E-state index contributed by atoms with van der Waals surface area (Å²) in [5, 5.41) is 6.62. The minimum atomic E-state index is -0.314. The molecule has 28 heavy (non-hydrogen) atoms. The number of anilines is 1. The summed E-state index contributed by atoms with van der Waals surface area (Å²) in [7, 11) is 1.55. The molecule has 0 saturated heterocycles. The number of ether oxygens (including phenoxy) is 3. The first-order valence-electron chi connectivity index (χ1n) is 8.74. The first kappa shape index (κ1) is 19.2. The third-order valence-electron chi connectivity index (χ3n) is 3.78. The summed E-state index contributed by atoms with van der Waals surface area (Å²) < 4.78 is 21.4. The highest BCUT2D eigenvalue weighted by molar-refractivity contribution is 6.06. The van der Waals surface area contributed by atoms with E-state index in [1.54, 1.807) is 56.5 Å². The third-order valence-corrected chi connectivity index (χ3v) is 3.78. The smallest absolute Gasteiger partial charge is 0.259 e. The van der Waals surface area contributed by atoms with Gasteiger partial charge in [-0.1, -0.05) is 17.3 Å². The van der Waals surface area contributed by atoms with Gasteiger partial charge in [-0.25, -0.2) is 0 Å². The Kier molecular flexibility index (Phi) is 6.11. The number of nitrogens with one attached hydrogen (secondary N) is 1. The first-order chi connectivity index (χ1) is 13.6. The van der Waals surface area contributed by atoms with E-state index in [-0.39, 0.29) is 12.5 Å². The number of rotatable bonds is 8. The Morgan fingerprint density at radius 3 is 2.64 bits per heavy atom. The molecule has 0 saturated carbocycles. The van der Waals surface area contributed by atoms with Gasteiger partial charge < -0.3 is 24.1 Å². The summed E-state index contributed by atoms with van der Waals surface area (Å²) in [5.74, 6) is 2.11. The van der Waals surface area contributed by atoms with Crippen molar-refractivity contribution < 1.29 is 23.5 Å². The van der Waals surface area contributed by atoms with Crippen molar-refractivity contribution in [2.75, 3.05) is 19.0 Å². The van der Waals surface area contributed by atoms with E-state index in [0.717, 1.165) is 0 Å². The van der Waals surface area contributed by atoms with Crippen LogP contribution in [-0.4, -0.2) is 29.8 Å². The van der Waals surface area contributed by atoms with Gasteiger partial charge in [0.1, 0.15) is 5.75 Å². The Balaban J connectivity index is 1.74. The molecule has 1 N–H and O–H groups in total. The zero-order chi connectivity index (χ0) is 19.9. The highest BCUT2D eigenvalue weighted by atomic mass is 16.5. The average Bonchev–Trinajstić information content (AvgIpc) is 3.13. The van der Waals surface area contributed by atoms with E-state index in [4.69, 9.17) is 18.7 Å². The Morgan fingerprint density at radius 1 is 1.11 bits per heavy atom. The quantitative estimate of drug-likeness (QED) is 0.635. The molecule has 8 heteroatoms. The molecule has 0 spiro atoms. The predicted octanol–water partition coefficient (Wildman–Crippen LogP) is 3.62. The molecule has 0 bridgehead atoms. The van der Waals surface area contributed by atoms with Crippen molar-refractivity contribution in [2.45, 2.75) is 20.5 Å². The predicted molar refractivity (Wildman–Crippen MR) is 102 cm³/mol. The van der Waals surface area contributed by atoms with Crippen LogP contribution in [0.5, 0.6) is 17.2 Å². The summed E-state index contributed by atoms with van der Waals surface area (Å²) in [6.07, 6.45) is 0. The summed E-state index contributed by atoms with van der Waals surface area (Å²) in [4.78, 5) is 16.8. The molecule has 0 fully saturated rings. The molecular weight excluding hydrogens is 362 g/mol. The summed E-state index contributed by atoms with van der Waals surface area (Å²) >= 11 is 0. The van der Waals surface area contributed by atoms with Gasteiger partial charge in [0.05, 0.1) is 19.3 Å². The fourth-order valence-corrected chi connectivity index (χ4v) is 2.54. The van der Waals surface area contributed by atoms with Crippen molar-refractivity contribution >= 4 is 11.6 Å². The van der Waals surface area contributed by atoms with Crippen LogP contribution in [0.1, 0.15) is 29.0 Å². The maximum absolute atomic E-state index is 12.7. The zero-order valence-electron chi connectivity index (χ0n) is 15.9. The van der Waals surface area contributed by atoms with Crippen LogP contribution < -0.4 is 19.5 Å². The van der Waals surface area contributed by atoms with E-state index in [2.05, 4.69) is 15.5 Å². The molecule has 8 nitrogen and oxygen atoms in total. The number of carbonyl (C=O) groups excluding carboxylic acids is 1. The van der Waals surface area contributed by atoms with Crippen LogP contribution in [0, 0.1) is 6.92 Å². The van der Waals surface area contributed by atoms with Gasteiger partial charge in [-0.05, 0) is 31.2 Å². The number of hydrogen-bond acceptors (Lipinski definition) is 7. The van der Waals surface area contributed by atoms with Gasteiger partial charge in [-0.15, -0.1) is 0 Å². The fourth-order valence-electron chi connectivity index (χ4n) is 2.54. The van der Waals surface area contributed by atoms with Gasteiger partial charge in [0.2, 0.25) is 11.7 Å². The van der Waals surface area contributed by atoms with Crippen LogP contribution in [0.3, 0.4) is 0 Å². The van der Waals surface area contributed by atoms with E-state index >= 15 is 0 Å². The van der Waals surface area contributed by atoms with Crippen LogP contribution in [-0.2, 0) is 6.61 Å². The van der Waals surface area contributed by atoms with E-state index in [1.165, 1.54) is 0 Å². The number of hydrogen-bond donors (Lipinski definition) is 1. The number of aryl methyl sites for hydroxylation is 1. The van der Waals surface area contributed by atoms with Gasteiger partial charge in [0.15, 0.2) is 18.1 Å². The van der Waals surface area contributed by atoms with Crippen LogP contribution in [0.2, 0.25) is 0 Å². The van der Waals surface area contributed by atoms with E-state index in [0.29, 0.717) is 46.8 Å². The summed E-state index contributed by atoms with van der Waals surface area (Å²) in [6, 6.07) is 12.1. The molecule has 0 aliphatic carbocycles. The lowest BCUT2D eigenvalue weighted by molar-refractivity contribution is 0.102. The number of para-hydroxylation sites is 1. The number of benzene rings is 2. The van der Waals surface area contributed by atoms with Gasteiger partial charge in [0.25, 0.3) is 5.91 Å². The highest BCUT2D eigenvalue weighted by Crippen LogP contribution is 2.30. The first-order valence-corrected chi connectivity index (χ1v) is 8.74. The van der Waals surface area contributed by atoms with Crippen LogP contribution in [0.4, 0.5) is 5.69 Å². The number of methoxy groups -OCH3 is 1. The van der Waals surface area contributed by atoms with Crippen LogP contribution in [0.15, 0.2) is 47.0 Å². The maximum atomic E-state index is 12.7. The number of amides is 1. The molecule has 3 aromatic rings. The van der Waals surface area contributed by atoms with Gasteiger partial charge in [-0.2, -0.15) is 4.98 Å². The van der Waals surface area contributed by atoms with Gasteiger partial charge in [-0.3, -0.25) is 4.79 Å². The normalized spacial score (nSPS) is 10.4. The lowest BCUT2D eigenvalue weighted by Gasteiger charge is -2.13. The zero-order valence-corrected chi connectivity index (χ0v) is 15.9. The molecule has 0 aliphatic heterocycles. The molecule has 146 valence electrons. The topological polar surface area (TPSA) is 95.7 Å². The van der Waals surface area contributed by atoms with Crippen molar-refractivity contribution in [1.82, 2.24) is 10.1 Å². The SMILES string of the molecule is CCOc1ccc(NC(=O)c2ccccc2OCc2noc(C)n2)cc1OC. The van der Waals surface area contributed by atoms with Crippen LogP contribution >= 0.6 is 0 Å². The Bertz CT molecular complexity index is 955. The lowest BCUT2D eigenvalue weighted by atomic mass is 10.1. The van der Waals surface area contributed by atoms with Crippen LogP contribution in [0.25, 0.3) is 0 Å². The fraction of sp³-hybridized carbons (Fsp3) is 0.250. The molecule has 0 aliphatic rings. The number of nitrogens with zero attached hydrogens (tertiary/aromatic N) is 2. The Morgan fingerprint density at radius 2 is 1.93 bits per heavy atom. The van der Waals surface area contributed by atoms with Crippen molar-refractivity contribution in [1.29, 1.82) is 0 Å². The summed E-state index contributed by atoms with van der Waals surface area (Å²) in [5.41, 5.74) is 0.962. The van der Waals surface area contributed by atoms with Crippen molar-refractivity contribution in [3.8, 4) is 17.2 Å². The minimum Gasteiger partial charge on any atom is -0.493 e. The second-order valence-electron chi connectivity index (χ2n) is 5.77. The second-order valence-corrected chi connectivity index (χ2v) is 5.77. The van der Waals surface area contributed by atoms with E-state index in [1.807, 2.05) is 6.92 Å². The van der Waals surface area contributed by atoms with Crippen molar-refractivity contribution in [3.05, 3.63) is 59.7 Å². The summed E-state index contributed by atoms with van der Waals surface area (Å²) in [6.45, 7) is 4.20. The molecule has 1 amide bonds. The molecule has 1 heterocycles. The molecule has 0 unspecified atom stereocenters. The molecular formula is C20H21N3O5. The third kappa shape index (κ3) is 4.59. The monoisotopic (exact) mass is 383 g/mol. The molecule has 3 rings (SSSR count). The van der Waals surface area contributed by atoms with E-state index in [9.17, 15) is 4.79 Å². The number of aromatic nitrogens is 2. The standard InChI is InChI=1S/C20H21N3O5/c1-4-26-17-10-9-14(11-18(17)25-3)22-20(24)15-7-5-6-8-16(15)27-12-19-21-13(2)28-23-19/h5-11H,4,12H2,1-3H3,(H,22,24). The van der Waals surface area contributed by atoms with Crippen molar-refractivity contribution in [2.24, 2.45) is 0 Å². The average molecular weight is 383 g/mol. The second kappa shape index (κ2) is 8.90. The number of carbonyl (C=O) groups is 1. The van der Waals surface area contributed by atoms with E-state index < -0.39 is 0 Å². The minimum absolute atomic E-state index is 0.0957. The molecule has 0 atom stereocenters. The molecule has 0 radical (unpaired) electrons. The molecule has 1 aromatic heterocycles.